The molecule has 1 aromatic carbocycles. The van der Waals surface area contributed by atoms with Crippen molar-refractivity contribution in [2.75, 3.05) is 13.1 Å². The Morgan fingerprint density at radius 1 is 1.52 bits per heavy atom. The maximum Gasteiger partial charge on any atom is 0.317 e. The van der Waals surface area contributed by atoms with Gasteiger partial charge in [-0.3, -0.25) is 0 Å². The standard InChI is InChI=1S/C16H22N4O/c1-3-12-8-9-20(10-12)16(21)17-11(2)15-18-13-6-4-5-7-14(13)19-15/h4-7,11-12H,3,8-10H2,1-2H3,(H,17,21)(H,18,19)/t11-,12-/m1/s1. The molecule has 2 amide bonds. The van der Waals surface area contributed by atoms with Gasteiger partial charge in [0.15, 0.2) is 0 Å². The number of hydrogen-bond acceptors (Lipinski definition) is 2. The van der Waals surface area contributed by atoms with E-state index in [1.54, 1.807) is 0 Å². The highest BCUT2D eigenvalue weighted by Crippen LogP contribution is 2.20. The number of fused-ring (bicyclic) bond motifs is 1. The second-order valence-corrected chi connectivity index (χ2v) is 5.82. The number of urea groups is 1. The maximum absolute atomic E-state index is 12.3. The molecule has 2 heterocycles. The van der Waals surface area contributed by atoms with E-state index >= 15 is 0 Å². The number of para-hydroxylation sites is 2. The third kappa shape index (κ3) is 2.86. The molecule has 21 heavy (non-hydrogen) atoms. The fourth-order valence-corrected chi connectivity index (χ4v) is 2.87. The lowest BCUT2D eigenvalue weighted by Crippen LogP contribution is -2.39. The number of carbonyl (C=O) groups excluding carboxylic acids is 1. The molecule has 1 aliphatic heterocycles. The molecule has 5 heteroatoms. The molecule has 0 radical (unpaired) electrons. The van der Waals surface area contributed by atoms with Crippen molar-refractivity contribution in [2.24, 2.45) is 5.92 Å². The normalized spacial score (nSPS) is 19.9. The minimum Gasteiger partial charge on any atom is -0.340 e. The predicted molar refractivity (Wildman–Crippen MR) is 83.0 cm³/mol. The fourth-order valence-electron chi connectivity index (χ4n) is 2.87. The molecular weight excluding hydrogens is 264 g/mol. The van der Waals surface area contributed by atoms with Gasteiger partial charge in [-0.15, -0.1) is 0 Å². The summed E-state index contributed by atoms with van der Waals surface area (Å²) in [5, 5.41) is 3.04. The number of nitrogens with zero attached hydrogens (tertiary/aromatic N) is 2. The zero-order valence-corrected chi connectivity index (χ0v) is 12.6. The van der Waals surface area contributed by atoms with Crippen LogP contribution in [-0.4, -0.2) is 34.0 Å². The summed E-state index contributed by atoms with van der Waals surface area (Å²) in [6.45, 7) is 5.87. The molecule has 2 aromatic rings. The topological polar surface area (TPSA) is 61.0 Å². The number of likely N-dealkylation sites (tertiary alicyclic amines) is 1. The summed E-state index contributed by atoms with van der Waals surface area (Å²) in [5.41, 5.74) is 1.93. The summed E-state index contributed by atoms with van der Waals surface area (Å²) in [7, 11) is 0. The molecular formula is C16H22N4O. The zero-order chi connectivity index (χ0) is 14.8. The maximum atomic E-state index is 12.3. The zero-order valence-electron chi connectivity index (χ0n) is 12.6. The molecule has 1 aromatic heterocycles. The van der Waals surface area contributed by atoms with Crippen LogP contribution in [0.3, 0.4) is 0 Å². The van der Waals surface area contributed by atoms with Crippen LogP contribution in [-0.2, 0) is 0 Å². The summed E-state index contributed by atoms with van der Waals surface area (Å²) in [6.07, 6.45) is 2.26. The molecule has 112 valence electrons. The first-order valence-electron chi connectivity index (χ1n) is 7.67. The van der Waals surface area contributed by atoms with Gasteiger partial charge >= 0.3 is 6.03 Å². The smallest absolute Gasteiger partial charge is 0.317 e. The SMILES string of the molecule is CC[C@@H]1CCN(C(=O)N[C@H](C)c2nc3ccccc3[nH]2)C1. The van der Waals surface area contributed by atoms with E-state index in [1.807, 2.05) is 36.1 Å². The van der Waals surface area contributed by atoms with Crippen LogP contribution in [0.25, 0.3) is 11.0 Å². The van der Waals surface area contributed by atoms with E-state index < -0.39 is 0 Å². The lowest BCUT2D eigenvalue weighted by molar-refractivity contribution is 0.203. The van der Waals surface area contributed by atoms with E-state index in [0.717, 1.165) is 42.8 Å². The van der Waals surface area contributed by atoms with Crippen LogP contribution < -0.4 is 5.32 Å². The summed E-state index contributed by atoms with van der Waals surface area (Å²) >= 11 is 0. The summed E-state index contributed by atoms with van der Waals surface area (Å²) in [6, 6.07) is 7.79. The third-order valence-corrected chi connectivity index (χ3v) is 4.31. The van der Waals surface area contributed by atoms with E-state index in [1.165, 1.54) is 0 Å². The van der Waals surface area contributed by atoms with Gasteiger partial charge in [0.25, 0.3) is 0 Å². The summed E-state index contributed by atoms with van der Waals surface area (Å²) in [5.74, 6) is 1.45. The number of aromatic amines is 1. The Balaban J connectivity index is 1.65. The van der Waals surface area contributed by atoms with E-state index in [4.69, 9.17) is 0 Å². The van der Waals surface area contributed by atoms with Gasteiger partial charge in [0, 0.05) is 13.1 Å². The fraction of sp³-hybridized carbons (Fsp3) is 0.500. The highest BCUT2D eigenvalue weighted by atomic mass is 16.2. The average molecular weight is 286 g/mol. The highest BCUT2D eigenvalue weighted by Gasteiger charge is 2.26. The van der Waals surface area contributed by atoms with Crippen LogP contribution in [0.4, 0.5) is 4.79 Å². The number of carbonyl (C=O) groups is 1. The number of rotatable bonds is 3. The van der Waals surface area contributed by atoms with E-state index in [2.05, 4.69) is 22.2 Å². The van der Waals surface area contributed by atoms with Gasteiger partial charge in [-0.05, 0) is 31.4 Å². The second-order valence-electron chi connectivity index (χ2n) is 5.82. The Labute approximate surface area is 124 Å². The van der Waals surface area contributed by atoms with Crippen LogP contribution >= 0.6 is 0 Å². The van der Waals surface area contributed by atoms with Crippen LogP contribution in [0, 0.1) is 5.92 Å². The van der Waals surface area contributed by atoms with Crippen molar-refractivity contribution in [1.82, 2.24) is 20.2 Å². The van der Waals surface area contributed by atoms with Crippen molar-refractivity contribution in [1.29, 1.82) is 0 Å². The van der Waals surface area contributed by atoms with Gasteiger partial charge in [0.05, 0.1) is 17.1 Å². The molecule has 0 spiro atoms. The Hall–Kier alpha value is -2.04. The largest absolute Gasteiger partial charge is 0.340 e. The Bertz CT molecular complexity index is 603. The second kappa shape index (κ2) is 5.76. The molecule has 2 atom stereocenters. The van der Waals surface area contributed by atoms with Gasteiger partial charge in [-0.25, -0.2) is 9.78 Å². The van der Waals surface area contributed by atoms with E-state index in [9.17, 15) is 4.79 Å². The van der Waals surface area contributed by atoms with Crippen LogP contribution in [0.1, 0.15) is 38.6 Å². The van der Waals surface area contributed by atoms with Crippen molar-refractivity contribution in [3.05, 3.63) is 30.1 Å². The van der Waals surface area contributed by atoms with E-state index in [0.29, 0.717) is 5.92 Å². The number of H-pyrrole nitrogens is 1. The summed E-state index contributed by atoms with van der Waals surface area (Å²) < 4.78 is 0. The van der Waals surface area contributed by atoms with Crippen molar-refractivity contribution in [3.8, 4) is 0 Å². The van der Waals surface area contributed by atoms with Crippen molar-refractivity contribution in [3.63, 3.8) is 0 Å². The first-order valence-corrected chi connectivity index (χ1v) is 7.67. The van der Waals surface area contributed by atoms with Gasteiger partial charge in [0.2, 0.25) is 0 Å². The highest BCUT2D eigenvalue weighted by molar-refractivity contribution is 5.76. The molecule has 2 N–H and O–H groups in total. The number of hydrogen-bond donors (Lipinski definition) is 2. The molecule has 1 saturated heterocycles. The van der Waals surface area contributed by atoms with Crippen LogP contribution in [0.15, 0.2) is 24.3 Å². The minimum absolute atomic E-state index is 0.0129. The van der Waals surface area contributed by atoms with Crippen molar-refractivity contribution in [2.45, 2.75) is 32.7 Å². The Morgan fingerprint density at radius 3 is 3.05 bits per heavy atom. The average Bonchev–Trinajstić information content (AvgIpc) is 3.13. The molecule has 0 aliphatic carbocycles. The molecule has 0 bridgehead atoms. The van der Waals surface area contributed by atoms with Crippen molar-refractivity contribution < 1.29 is 4.79 Å². The number of amides is 2. The number of imidazole rings is 1. The lowest BCUT2D eigenvalue weighted by atomic mass is 10.1. The number of nitrogens with one attached hydrogen (secondary N) is 2. The first kappa shape index (κ1) is 13.9. The molecule has 5 nitrogen and oxygen atoms in total. The predicted octanol–water partition coefficient (Wildman–Crippen LogP) is 3.07. The number of benzene rings is 1. The molecule has 0 unspecified atom stereocenters. The van der Waals surface area contributed by atoms with Gasteiger partial charge in [-0.2, -0.15) is 0 Å². The summed E-state index contributed by atoms with van der Waals surface area (Å²) in [4.78, 5) is 22.0. The lowest BCUT2D eigenvalue weighted by Gasteiger charge is -2.20. The van der Waals surface area contributed by atoms with Crippen molar-refractivity contribution >= 4 is 17.1 Å². The third-order valence-electron chi connectivity index (χ3n) is 4.31. The first-order chi connectivity index (χ1) is 10.2. The van der Waals surface area contributed by atoms with Gasteiger partial charge in [-0.1, -0.05) is 25.5 Å². The Kier molecular flexibility index (Phi) is 3.82. The van der Waals surface area contributed by atoms with Crippen LogP contribution in [0.5, 0.6) is 0 Å². The van der Waals surface area contributed by atoms with Crippen LogP contribution in [0.2, 0.25) is 0 Å². The van der Waals surface area contributed by atoms with Gasteiger partial charge < -0.3 is 15.2 Å². The molecule has 0 saturated carbocycles. The quantitative estimate of drug-likeness (QED) is 0.911. The molecule has 3 rings (SSSR count). The van der Waals surface area contributed by atoms with Gasteiger partial charge in [0.1, 0.15) is 5.82 Å². The number of aromatic nitrogens is 2. The minimum atomic E-state index is -0.120. The molecule has 1 aliphatic rings. The monoisotopic (exact) mass is 286 g/mol. The Morgan fingerprint density at radius 2 is 2.33 bits per heavy atom. The van der Waals surface area contributed by atoms with E-state index in [-0.39, 0.29) is 12.1 Å². The molecule has 1 fully saturated rings.